The number of fused-ring (bicyclic) bond motifs is 1. The van der Waals surface area contributed by atoms with Crippen molar-refractivity contribution < 1.29 is 13.2 Å². The minimum atomic E-state index is -4.58. The van der Waals surface area contributed by atoms with E-state index in [1.807, 2.05) is 0 Å². The first-order valence-electron chi connectivity index (χ1n) is 11.4. The minimum absolute atomic E-state index is 0.0740. The molecule has 11 heteroatoms. The number of pyridine rings is 1. The van der Waals surface area contributed by atoms with Crippen molar-refractivity contribution in [2.75, 3.05) is 0 Å². The number of alkyl halides is 3. The number of hydrogen-bond donors (Lipinski definition) is 0. The molecule has 5 aromatic rings. The van der Waals surface area contributed by atoms with Crippen LogP contribution in [-0.2, 0) is 12.7 Å². The predicted octanol–water partition coefficient (Wildman–Crippen LogP) is 5.83. The normalized spacial score (nSPS) is 11.6. The molecule has 2 aromatic carbocycles. The first kappa shape index (κ1) is 25.2. The van der Waals surface area contributed by atoms with Gasteiger partial charge in [0.1, 0.15) is 11.5 Å². The van der Waals surface area contributed by atoms with Gasteiger partial charge in [-0.15, -0.1) is 10.2 Å². The van der Waals surface area contributed by atoms with Gasteiger partial charge in [0.25, 0.3) is 5.56 Å². The molecule has 38 heavy (non-hydrogen) atoms. The molecule has 0 radical (unpaired) electrons. The molecule has 0 saturated heterocycles. The Morgan fingerprint density at radius 2 is 1.55 bits per heavy atom. The minimum Gasteiger partial charge on any atom is -0.267 e. The molecular weight excluding hydrogens is 517 g/mol. The Bertz CT molecular complexity index is 1780. The largest absolute Gasteiger partial charge is 0.433 e. The van der Waals surface area contributed by atoms with E-state index < -0.39 is 17.4 Å². The van der Waals surface area contributed by atoms with Crippen molar-refractivity contribution in [3.8, 4) is 28.3 Å². The van der Waals surface area contributed by atoms with Crippen LogP contribution in [-0.4, -0.2) is 24.4 Å². The molecule has 0 aliphatic heterocycles. The zero-order valence-electron chi connectivity index (χ0n) is 20.1. The van der Waals surface area contributed by atoms with Crippen LogP contribution >= 0.6 is 11.6 Å². The molecule has 0 saturated carbocycles. The van der Waals surface area contributed by atoms with Gasteiger partial charge in [-0.2, -0.15) is 18.4 Å². The number of aromatic nitrogens is 5. The lowest BCUT2D eigenvalue weighted by Gasteiger charge is -2.18. The van der Waals surface area contributed by atoms with Crippen LogP contribution in [0.5, 0.6) is 0 Å². The summed E-state index contributed by atoms with van der Waals surface area (Å²) in [7, 11) is 0. The summed E-state index contributed by atoms with van der Waals surface area (Å²) in [5.74, 6) is 0.413. The summed E-state index contributed by atoms with van der Waals surface area (Å²) in [6.07, 6.45) is -4.58. The number of hydrogen-bond acceptors (Lipinski definition) is 5. The third-order valence-corrected chi connectivity index (χ3v) is 6.45. The maximum atomic E-state index is 14.2. The fraction of sp³-hybridized carbons (Fsp3) is 0.148. The van der Waals surface area contributed by atoms with Crippen molar-refractivity contribution in [2.45, 2.75) is 26.6 Å². The van der Waals surface area contributed by atoms with Crippen molar-refractivity contribution in [1.82, 2.24) is 24.4 Å². The molecular formula is C27H18ClF3N6O. The summed E-state index contributed by atoms with van der Waals surface area (Å²) in [4.78, 5) is 17.9. The summed E-state index contributed by atoms with van der Waals surface area (Å²) in [5, 5.41) is 18.3. The summed E-state index contributed by atoms with van der Waals surface area (Å²) in [6.45, 7) is 3.08. The Balaban J connectivity index is 1.81. The molecule has 7 nitrogen and oxygen atoms in total. The van der Waals surface area contributed by atoms with Gasteiger partial charge in [-0.3, -0.25) is 4.79 Å². The fourth-order valence-electron chi connectivity index (χ4n) is 4.33. The average molecular weight is 535 g/mol. The van der Waals surface area contributed by atoms with E-state index in [2.05, 4.69) is 21.3 Å². The highest BCUT2D eigenvalue weighted by atomic mass is 35.5. The van der Waals surface area contributed by atoms with Crippen LogP contribution in [0.15, 0.2) is 65.5 Å². The zero-order chi connectivity index (χ0) is 27.2. The highest BCUT2D eigenvalue weighted by Crippen LogP contribution is 2.34. The number of nitrogens with zero attached hydrogens (tertiary/aromatic N) is 6. The second kappa shape index (κ2) is 9.43. The van der Waals surface area contributed by atoms with Crippen molar-refractivity contribution in [3.63, 3.8) is 0 Å². The molecule has 0 aliphatic rings. The Morgan fingerprint density at radius 1 is 0.921 bits per heavy atom. The number of rotatable bonds is 4. The maximum absolute atomic E-state index is 14.2. The van der Waals surface area contributed by atoms with E-state index in [4.69, 9.17) is 11.6 Å². The second-order valence-corrected chi connectivity index (χ2v) is 9.07. The first-order chi connectivity index (χ1) is 18.1. The summed E-state index contributed by atoms with van der Waals surface area (Å²) >= 11 is 6.11. The summed E-state index contributed by atoms with van der Waals surface area (Å²) in [5.41, 5.74) is 1.97. The van der Waals surface area contributed by atoms with E-state index in [1.165, 1.54) is 17.7 Å². The zero-order valence-corrected chi connectivity index (χ0v) is 20.8. The van der Waals surface area contributed by atoms with E-state index in [-0.39, 0.29) is 12.2 Å². The van der Waals surface area contributed by atoms with Crippen LogP contribution in [0.4, 0.5) is 13.2 Å². The van der Waals surface area contributed by atoms with Crippen LogP contribution in [0.25, 0.3) is 27.9 Å². The van der Waals surface area contributed by atoms with E-state index >= 15 is 0 Å². The second-order valence-electron chi connectivity index (χ2n) is 8.63. The molecule has 0 fully saturated rings. The van der Waals surface area contributed by atoms with E-state index in [1.54, 1.807) is 60.0 Å². The van der Waals surface area contributed by atoms with Gasteiger partial charge in [0, 0.05) is 16.3 Å². The fourth-order valence-corrected chi connectivity index (χ4v) is 4.46. The molecule has 3 aromatic heterocycles. The molecule has 0 amide bonds. The first-order valence-corrected chi connectivity index (χ1v) is 11.8. The van der Waals surface area contributed by atoms with E-state index in [0.29, 0.717) is 49.9 Å². The Morgan fingerprint density at radius 3 is 2.16 bits per heavy atom. The van der Waals surface area contributed by atoms with Crippen molar-refractivity contribution in [2.24, 2.45) is 0 Å². The molecule has 0 aliphatic carbocycles. The van der Waals surface area contributed by atoms with Gasteiger partial charge >= 0.3 is 6.18 Å². The van der Waals surface area contributed by atoms with Crippen LogP contribution in [0.1, 0.15) is 28.3 Å². The monoisotopic (exact) mass is 534 g/mol. The topological polar surface area (TPSA) is 88.9 Å². The van der Waals surface area contributed by atoms with Crippen molar-refractivity contribution in [3.05, 3.63) is 104 Å². The third-order valence-electron chi connectivity index (χ3n) is 6.20. The molecule has 5 rings (SSSR count). The van der Waals surface area contributed by atoms with Gasteiger partial charge in [-0.25, -0.2) is 14.2 Å². The van der Waals surface area contributed by atoms with Crippen LogP contribution in [0.3, 0.4) is 0 Å². The van der Waals surface area contributed by atoms with Crippen LogP contribution < -0.4 is 5.56 Å². The van der Waals surface area contributed by atoms with Crippen LogP contribution in [0.2, 0.25) is 5.02 Å². The number of halogens is 4. The van der Waals surface area contributed by atoms with Crippen molar-refractivity contribution >= 4 is 17.2 Å². The lowest BCUT2D eigenvalue weighted by atomic mass is 9.96. The highest BCUT2D eigenvalue weighted by molar-refractivity contribution is 6.30. The standard InChI is InChI=1S/C27H18ClF3N6O/c1-15-20(9-12-22(33-15)27(29,30)31)14-36-26(38)24(19-5-3-17(13-32)4-6-19)23(18-7-10-21(28)11-8-18)25-35-34-16(2)37(25)36/h3-12H,14H2,1-2H3. The van der Waals surface area contributed by atoms with Gasteiger partial charge in [0.15, 0.2) is 5.65 Å². The van der Waals surface area contributed by atoms with Crippen molar-refractivity contribution in [1.29, 1.82) is 5.26 Å². The molecule has 0 spiro atoms. The molecule has 0 atom stereocenters. The smallest absolute Gasteiger partial charge is 0.267 e. The third kappa shape index (κ3) is 4.41. The number of nitriles is 1. The SMILES string of the molecule is Cc1nc(C(F)(F)F)ccc1Cn1c(=O)c(-c2ccc(C#N)cc2)c(-c2ccc(Cl)cc2)c2nnc(C)n21. The Kier molecular flexibility index (Phi) is 6.25. The van der Waals surface area contributed by atoms with Crippen LogP contribution in [0, 0.1) is 25.2 Å². The van der Waals surface area contributed by atoms with Gasteiger partial charge < -0.3 is 0 Å². The maximum Gasteiger partial charge on any atom is 0.433 e. The van der Waals surface area contributed by atoms with Gasteiger partial charge in [0.05, 0.1) is 23.7 Å². The highest BCUT2D eigenvalue weighted by Gasteiger charge is 2.33. The van der Waals surface area contributed by atoms with E-state index in [9.17, 15) is 23.2 Å². The average Bonchev–Trinajstić information content (AvgIpc) is 3.27. The van der Waals surface area contributed by atoms with Gasteiger partial charge in [-0.1, -0.05) is 41.9 Å². The molecule has 0 bridgehead atoms. The quantitative estimate of drug-likeness (QED) is 0.289. The number of benzene rings is 2. The molecule has 0 unspecified atom stereocenters. The van der Waals surface area contributed by atoms with Gasteiger partial charge in [0.2, 0.25) is 0 Å². The summed E-state index contributed by atoms with van der Waals surface area (Å²) in [6, 6.07) is 17.7. The molecule has 0 N–H and O–H groups in total. The van der Waals surface area contributed by atoms with Gasteiger partial charge in [-0.05, 0) is 60.9 Å². The predicted molar refractivity (Wildman–Crippen MR) is 136 cm³/mol. The molecule has 190 valence electrons. The van der Waals surface area contributed by atoms with E-state index in [0.717, 1.165) is 6.07 Å². The Hall–Kier alpha value is -4.49. The lowest BCUT2D eigenvalue weighted by molar-refractivity contribution is -0.141. The Labute approximate surface area is 219 Å². The summed E-state index contributed by atoms with van der Waals surface area (Å²) < 4.78 is 42.4. The lowest BCUT2D eigenvalue weighted by Crippen LogP contribution is -2.30. The molecule has 3 heterocycles. The number of aryl methyl sites for hydroxylation is 2.